The van der Waals surface area contributed by atoms with Crippen molar-refractivity contribution in [3.8, 4) is 0 Å². The Kier molecular flexibility index (Phi) is 12.0. The molecule has 0 spiro atoms. The highest BCUT2D eigenvalue weighted by Crippen LogP contribution is 2.17. The van der Waals surface area contributed by atoms with Crippen molar-refractivity contribution in [2.75, 3.05) is 6.61 Å². The highest BCUT2D eigenvalue weighted by atomic mass is 16.3. The molecule has 0 bridgehead atoms. The van der Waals surface area contributed by atoms with Gasteiger partial charge in [-0.2, -0.15) is 0 Å². The average molecular weight is 214 g/mol. The summed E-state index contributed by atoms with van der Waals surface area (Å²) in [6.07, 6.45) is 13.1. The third kappa shape index (κ3) is 10.2. The monoisotopic (exact) mass is 214 g/mol. The average Bonchev–Trinajstić information content (AvgIpc) is 2.26. The largest absolute Gasteiger partial charge is 0.396 e. The highest BCUT2D eigenvalue weighted by Gasteiger charge is 2.06. The molecule has 0 aromatic carbocycles. The summed E-state index contributed by atoms with van der Waals surface area (Å²) in [5, 5.41) is 9.23. The lowest BCUT2D eigenvalue weighted by Crippen LogP contribution is -2.05. The molecule has 0 fully saturated rings. The molecule has 0 aliphatic carbocycles. The molecule has 0 saturated heterocycles. The zero-order valence-corrected chi connectivity index (χ0v) is 10.8. The van der Waals surface area contributed by atoms with E-state index in [1.165, 1.54) is 64.2 Å². The van der Waals surface area contributed by atoms with Gasteiger partial charge in [-0.1, -0.05) is 65.2 Å². The molecule has 1 unspecified atom stereocenters. The smallest absolute Gasteiger partial charge is 0.0459 e. The number of hydrogen-bond acceptors (Lipinski definition) is 1. The molecule has 0 heterocycles. The van der Waals surface area contributed by atoms with Crippen molar-refractivity contribution in [2.45, 2.75) is 78.1 Å². The van der Waals surface area contributed by atoms with Crippen LogP contribution in [0.2, 0.25) is 0 Å². The summed E-state index contributed by atoms with van der Waals surface area (Å²) in [5.41, 5.74) is 0. The van der Waals surface area contributed by atoms with E-state index >= 15 is 0 Å². The van der Waals surface area contributed by atoms with Crippen LogP contribution in [0.4, 0.5) is 0 Å². The molecular formula is C14H30O. The lowest BCUT2D eigenvalue weighted by atomic mass is 9.95. The fraction of sp³-hybridized carbons (Fsp3) is 1.00. The van der Waals surface area contributed by atoms with Gasteiger partial charge >= 0.3 is 0 Å². The fourth-order valence-electron chi connectivity index (χ4n) is 2.05. The van der Waals surface area contributed by atoms with E-state index in [4.69, 9.17) is 0 Å². The maximum atomic E-state index is 9.23. The van der Waals surface area contributed by atoms with E-state index in [-0.39, 0.29) is 0 Å². The Bertz CT molecular complexity index is 112. The summed E-state index contributed by atoms with van der Waals surface area (Å²) >= 11 is 0. The van der Waals surface area contributed by atoms with Gasteiger partial charge in [0.05, 0.1) is 0 Å². The Hall–Kier alpha value is -0.0400. The van der Waals surface area contributed by atoms with Crippen LogP contribution >= 0.6 is 0 Å². The van der Waals surface area contributed by atoms with Gasteiger partial charge in [0.15, 0.2) is 0 Å². The van der Waals surface area contributed by atoms with Gasteiger partial charge < -0.3 is 5.11 Å². The van der Waals surface area contributed by atoms with Crippen LogP contribution in [0.15, 0.2) is 0 Å². The van der Waals surface area contributed by atoms with Crippen molar-refractivity contribution in [2.24, 2.45) is 5.92 Å². The van der Waals surface area contributed by atoms with Gasteiger partial charge in [-0.15, -0.1) is 0 Å². The van der Waals surface area contributed by atoms with E-state index in [2.05, 4.69) is 13.8 Å². The first-order valence-electron chi connectivity index (χ1n) is 6.96. The van der Waals surface area contributed by atoms with Crippen molar-refractivity contribution in [3.05, 3.63) is 0 Å². The molecule has 0 radical (unpaired) electrons. The Morgan fingerprint density at radius 3 is 1.73 bits per heavy atom. The first kappa shape index (κ1) is 15.0. The predicted molar refractivity (Wildman–Crippen MR) is 68.1 cm³/mol. The Morgan fingerprint density at radius 1 is 0.733 bits per heavy atom. The van der Waals surface area contributed by atoms with Gasteiger partial charge in [0, 0.05) is 6.61 Å². The van der Waals surface area contributed by atoms with E-state index in [0.29, 0.717) is 12.5 Å². The van der Waals surface area contributed by atoms with Crippen LogP contribution < -0.4 is 0 Å². The second-order valence-electron chi connectivity index (χ2n) is 4.75. The Morgan fingerprint density at radius 2 is 1.20 bits per heavy atom. The lowest BCUT2D eigenvalue weighted by molar-refractivity contribution is 0.204. The zero-order valence-electron chi connectivity index (χ0n) is 10.8. The van der Waals surface area contributed by atoms with Crippen molar-refractivity contribution in [3.63, 3.8) is 0 Å². The number of aliphatic hydroxyl groups is 1. The summed E-state index contributed by atoms with van der Waals surface area (Å²) in [7, 11) is 0. The normalized spacial score (nSPS) is 13.0. The molecule has 1 nitrogen and oxygen atoms in total. The molecule has 0 aromatic rings. The van der Waals surface area contributed by atoms with E-state index in [1.54, 1.807) is 0 Å². The molecule has 0 aliphatic rings. The molecule has 15 heavy (non-hydrogen) atoms. The molecule has 0 rings (SSSR count). The molecule has 0 aromatic heterocycles. The van der Waals surface area contributed by atoms with E-state index in [1.807, 2.05) is 0 Å². The summed E-state index contributed by atoms with van der Waals surface area (Å²) in [4.78, 5) is 0. The Balaban J connectivity index is 3.28. The minimum absolute atomic E-state index is 0.400. The van der Waals surface area contributed by atoms with Crippen LogP contribution in [0.25, 0.3) is 0 Å². The molecule has 1 heteroatoms. The molecule has 1 N–H and O–H groups in total. The van der Waals surface area contributed by atoms with Crippen LogP contribution in [0.1, 0.15) is 78.1 Å². The van der Waals surface area contributed by atoms with Gasteiger partial charge in [-0.25, -0.2) is 0 Å². The Labute approximate surface area is 96.3 Å². The molecule has 1 atom stereocenters. The summed E-state index contributed by atoms with van der Waals surface area (Å²) in [6, 6.07) is 0. The van der Waals surface area contributed by atoms with Gasteiger partial charge in [-0.3, -0.25) is 0 Å². The zero-order chi connectivity index (χ0) is 11.4. The number of unbranched alkanes of at least 4 members (excludes halogenated alkanes) is 6. The van der Waals surface area contributed by atoms with Gasteiger partial charge in [0.25, 0.3) is 0 Å². The first-order valence-corrected chi connectivity index (χ1v) is 6.96. The number of aliphatic hydroxyl groups excluding tert-OH is 1. The molecular weight excluding hydrogens is 184 g/mol. The highest BCUT2D eigenvalue weighted by molar-refractivity contribution is 4.58. The first-order chi connectivity index (χ1) is 7.35. The minimum Gasteiger partial charge on any atom is -0.396 e. The topological polar surface area (TPSA) is 20.2 Å². The number of rotatable bonds is 11. The SMILES string of the molecule is CCCCCCCC(CO)CCCCC. The molecule has 92 valence electrons. The van der Waals surface area contributed by atoms with E-state index in [9.17, 15) is 5.11 Å². The van der Waals surface area contributed by atoms with Crippen molar-refractivity contribution < 1.29 is 5.11 Å². The molecule has 0 aliphatic heterocycles. The van der Waals surface area contributed by atoms with Crippen molar-refractivity contribution >= 4 is 0 Å². The maximum absolute atomic E-state index is 9.23. The van der Waals surface area contributed by atoms with Crippen LogP contribution in [-0.2, 0) is 0 Å². The molecule has 0 saturated carbocycles. The number of hydrogen-bond donors (Lipinski definition) is 1. The summed E-state index contributed by atoms with van der Waals surface area (Å²) < 4.78 is 0. The predicted octanol–water partition coefficient (Wildman–Crippen LogP) is 4.54. The van der Waals surface area contributed by atoms with E-state index < -0.39 is 0 Å². The van der Waals surface area contributed by atoms with Crippen LogP contribution in [-0.4, -0.2) is 11.7 Å². The van der Waals surface area contributed by atoms with Crippen molar-refractivity contribution in [1.82, 2.24) is 0 Å². The standard InChI is InChI=1S/C14H30O/c1-3-5-7-8-10-12-14(13-15)11-9-6-4-2/h14-15H,3-13H2,1-2H3. The second-order valence-corrected chi connectivity index (χ2v) is 4.75. The van der Waals surface area contributed by atoms with Crippen LogP contribution in [0.5, 0.6) is 0 Å². The lowest BCUT2D eigenvalue weighted by Gasteiger charge is -2.13. The van der Waals surface area contributed by atoms with Gasteiger partial charge in [0.1, 0.15) is 0 Å². The third-order valence-electron chi connectivity index (χ3n) is 3.19. The summed E-state index contributed by atoms with van der Waals surface area (Å²) in [5.74, 6) is 0.582. The fourth-order valence-corrected chi connectivity index (χ4v) is 2.05. The van der Waals surface area contributed by atoms with Gasteiger partial charge in [0.2, 0.25) is 0 Å². The maximum Gasteiger partial charge on any atom is 0.0459 e. The van der Waals surface area contributed by atoms with E-state index in [0.717, 1.165) is 0 Å². The minimum atomic E-state index is 0.400. The quantitative estimate of drug-likeness (QED) is 0.501. The van der Waals surface area contributed by atoms with Gasteiger partial charge in [-0.05, 0) is 18.8 Å². The van der Waals surface area contributed by atoms with Crippen LogP contribution in [0.3, 0.4) is 0 Å². The second kappa shape index (κ2) is 12.0. The molecule has 0 amide bonds. The third-order valence-corrected chi connectivity index (χ3v) is 3.19. The summed E-state index contributed by atoms with van der Waals surface area (Å²) in [6.45, 7) is 4.89. The van der Waals surface area contributed by atoms with Crippen LogP contribution in [0, 0.1) is 5.92 Å². The van der Waals surface area contributed by atoms with Crippen molar-refractivity contribution in [1.29, 1.82) is 0 Å².